The van der Waals surface area contributed by atoms with E-state index >= 15 is 0 Å². The Hall–Kier alpha value is -1.40. The second kappa shape index (κ2) is 12.2. The normalized spacial score (nSPS) is 15.2. The summed E-state index contributed by atoms with van der Waals surface area (Å²) in [5, 5.41) is 4.66. The number of benzene rings is 2. The molecule has 8 heteroatoms. The molecule has 0 aromatic heterocycles. The van der Waals surface area contributed by atoms with Gasteiger partial charge in [-0.05, 0) is 61.7 Å². The number of carbonyl (C=O) groups excluding carboxylic acids is 2. The molecule has 1 aliphatic carbocycles. The largest absolute Gasteiger partial charge is 0.352 e. The van der Waals surface area contributed by atoms with Crippen LogP contribution in [-0.2, 0) is 16.1 Å². The molecule has 172 valence electrons. The molecule has 4 nitrogen and oxygen atoms in total. The van der Waals surface area contributed by atoms with Gasteiger partial charge in [0.2, 0.25) is 11.8 Å². The lowest BCUT2D eigenvalue weighted by molar-refractivity contribution is -0.139. The van der Waals surface area contributed by atoms with Gasteiger partial charge in [-0.2, -0.15) is 0 Å². The molecule has 1 unspecified atom stereocenters. The van der Waals surface area contributed by atoms with E-state index in [4.69, 9.17) is 34.8 Å². The Labute approximate surface area is 209 Å². The smallest absolute Gasteiger partial charge is 0.242 e. The van der Waals surface area contributed by atoms with Crippen molar-refractivity contribution in [2.75, 3.05) is 5.75 Å². The molecule has 1 atom stereocenters. The van der Waals surface area contributed by atoms with Crippen molar-refractivity contribution in [3.63, 3.8) is 0 Å². The zero-order valence-corrected chi connectivity index (χ0v) is 21.0. The first kappa shape index (κ1) is 25.2. The Morgan fingerprint density at radius 2 is 1.72 bits per heavy atom. The third kappa shape index (κ3) is 7.31. The summed E-state index contributed by atoms with van der Waals surface area (Å²) in [6, 6.07) is 12.2. The van der Waals surface area contributed by atoms with Crippen molar-refractivity contribution in [3.8, 4) is 0 Å². The standard InChI is InChI=1S/C24H27Cl3N2O2S/c1-16(24(31)28-19-5-3-2-4-6-19)29(14-17-7-12-21(26)22(27)13-17)23(30)15-32-20-10-8-18(25)9-11-20/h7-13,16,19H,2-6,14-15H2,1H3,(H,28,31). The number of thioether (sulfide) groups is 1. The van der Waals surface area contributed by atoms with Crippen molar-refractivity contribution in [2.45, 2.75) is 62.6 Å². The van der Waals surface area contributed by atoms with Gasteiger partial charge >= 0.3 is 0 Å². The summed E-state index contributed by atoms with van der Waals surface area (Å²) in [5.74, 6) is -0.0339. The van der Waals surface area contributed by atoms with Gasteiger partial charge in [-0.25, -0.2) is 0 Å². The van der Waals surface area contributed by atoms with Gasteiger partial charge in [-0.15, -0.1) is 11.8 Å². The van der Waals surface area contributed by atoms with Gasteiger partial charge in [0.1, 0.15) is 6.04 Å². The summed E-state index contributed by atoms with van der Waals surface area (Å²) in [6.45, 7) is 2.05. The van der Waals surface area contributed by atoms with Crippen molar-refractivity contribution >= 4 is 58.4 Å². The summed E-state index contributed by atoms with van der Waals surface area (Å²) < 4.78 is 0. The average molecular weight is 514 g/mol. The number of rotatable bonds is 8. The lowest BCUT2D eigenvalue weighted by Gasteiger charge is -2.31. The van der Waals surface area contributed by atoms with E-state index in [1.807, 2.05) is 18.2 Å². The molecule has 0 bridgehead atoms. The van der Waals surface area contributed by atoms with Gasteiger partial charge in [0.25, 0.3) is 0 Å². The highest BCUT2D eigenvalue weighted by molar-refractivity contribution is 8.00. The summed E-state index contributed by atoms with van der Waals surface area (Å²) in [4.78, 5) is 28.8. The number of hydrogen-bond donors (Lipinski definition) is 1. The number of amides is 2. The lowest BCUT2D eigenvalue weighted by Crippen LogP contribution is -2.50. The molecule has 0 spiro atoms. The molecular formula is C24H27Cl3N2O2S. The van der Waals surface area contributed by atoms with Crippen LogP contribution in [0, 0.1) is 0 Å². The van der Waals surface area contributed by atoms with Crippen molar-refractivity contribution in [1.82, 2.24) is 10.2 Å². The van der Waals surface area contributed by atoms with Gasteiger partial charge in [0.15, 0.2) is 0 Å². The van der Waals surface area contributed by atoms with E-state index in [0.717, 1.165) is 36.1 Å². The van der Waals surface area contributed by atoms with Crippen LogP contribution in [0.2, 0.25) is 15.1 Å². The number of nitrogens with zero attached hydrogens (tertiary/aromatic N) is 1. The van der Waals surface area contributed by atoms with Gasteiger partial charge in [-0.3, -0.25) is 9.59 Å². The topological polar surface area (TPSA) is 49.4 Å². The highest BCUT2D eigenvalue weighted by atomic mass is 35.5. The summed E-state index contributed by atoms with van der Waals surface area (Å²) >= 11 is 19.6. The molecule has 32 heavy (non-hydrogen) atoms. The molecule has 2 amide bonds. The molecule has 0 radical (unpaired) electrons. The molecule has 2 aromatic rings. The summed E-state index contributed by atoms with van der Waals surface area (Å²) in [6.07, 6.45) is 5.45. The fourth-order valence-corrected chi connectivity index (χ4v) is 4.98. The van der Waals surface area contributed by atoms with Crippen LogP contribution >= 0.6 is 46.6 Å². The SMILES string of the molecule is CC(C(=O)NC1CCCCC1)N(Cc1ccc(Cl)c(Cl)c1)C(=O)CSc1ccc(Cl)cc1. The molecule has 1 saturated carbocycles. The Balaban J connectivity index is 1.72. The molecule has 0 saturated heterocycles. The fraction of sp³-hybridized carbons (Fsp3) is 0.417. The summed E-state index contributed by atoms with van der Waals surface area (Å²) in [5.41, 5.74) is 0.821. The highest BCUT2D eigenvalue weighted by Gasteiger charge is 2.28. The van der Waals surface area contributed by atoms with Crippen molar-refractivity contribution in [3.05, 3.63) is 63.1 Å². The van der Waals surface area contributed by atoms with Crippen LogP contribution in [0.4, 0.5) is 0 Å². The molecule has 0 aliphatic heterocycles. The Morgan fingerprint density at radius 3 is 2.38 bits per heavy atom. The van der Waals surface area contributed by atoms with E-state index in [9.17, 15) is 9.59 Å². The monoisotopic (exact) mass is 512 g/mol. The van der Waals surface area contributed by atoms with Crippen LogP contribution in [0.1, 0.15) is 44.6 Å². The Kier molecular flexibility index (Phi) is 9.60. The zero-order chi connectivity index (χ0) is 23.1. The molecule has 2 aromatic carbocycles. The minimum absolute atomic E-state index is 0.123. The third-order valence-electron chi connectivity index (χ3n) is 5.63. The first-order valence-electron chi connectivity index (χ1n) is 10.8. The number of nitrogens with one attached hydrogen (secondary N) is 1. The van der Waals surface area contributed by atoms with Crippen LogP contribution < -0.4 is 5.32 Å². The van der Waals surface area contributed by atoms with Crippen LogP contribution in [0.3, 0.4) is 0 Å². The first-order valence-corrected chi connectivity index (χ1v) is 12.9. The highest BCUT2D eigenvalue weighted by Crippen LogP contribution is 2.25. The quantitative estimate of drug-likeness (QED) is 0.404. The predicted molar refractivity (Wildman–Crippen MR) is 134 cm³/mol. The minimum Gasteiger partial charge on any atom is -0.352 e. The van der Waals surface area contributed by atoms with Crippen LogP contribution in [0.25, 0.3) is 0 Å². The average Bonchev–Trinajstić information content (AvgIpc) is 2.79. The van der Waals surface area contributed by atoms with Crippen LogP contribution in [-0.4, -0.2) is 34.6 Å². The molecule has 1 N–H and O–H groups in total. The molecule has 0 heterocycles. The molecular weight excluding hydrogens is 487 g/mol. The lowest BCUT2D eigenvalue weighted by atomic mass is 9.95. The first-order chi connectivity index (χ1) is 15.3. The maximum Gasteiger partial charge on any atom is 0.242 e. The van der Waals surface area contributed by atoms with E-state index in [-0.39, 0.29) is 30.2 Å². The van der Waals surface area contributed by atoms with Gasteiger partial charge in [-0.1, -0.05) is 60.1 Å². The van der Waals surface area contributed by atoms with Crippen molar-refractivity contribution in [2.24, 2.45) is 0 Å². The van der Waals surface area contributed by atoms with Crippen LogP contribution in [0.5, 0.6) is 0 Å². The Bertz CT molecular complexity index is 933. The van der Waals surface area contributed by atoms with Crippen molar-refractivity contribution < 1.29 is 9.59 Å². The molecule has 1 aliphatic rings. The van der Waals surface area contributed by atoms with Gasteiger partial charge in [0, 0.05) is 22.5 Å². The van der Waals surface area contributed by atoms with Gasteiger partial charge < -0.3 is 10.2 Å². The third-order valence-corrected chi connectivity index (χ3v) is 7.62. The van der Waals surface area contributed by atoms with Gasteiger partial charge in [0.05, 0.1) is 15.8 Å². The number of hydrogen-bond acceptors (Lipinski definition) is 3. The van der Waals surface area contributed by atoms with Crippen molar-refractivity contribution in [1.29, 1.82) is 0 Å². The summed E-state index contributed by atoms with van der Waals surface area (Å²) in [7, 11) is 0. The zero-order valence-electron chi connectivity index (χ0n) is 18.0. The molecule has 3 rings (SSSR count). The molecule has 1 fully saturated rings. The Morgan fingerprint density at radius 1 is 1.03 bits per heavy atom. The minimum atomic E-state index is -0.607. The fourth-order valence-electron chi connectivity index (χ4n) is 3.74. The van der Waals surface area contributed by atoms with Crippen LogP contribution in [0.15, 0.2) is 47.4 Å². The van der Waals surface area contributed by atoms with E-state index in [0.29, 0.717) is 15.1 Å². The maximum absolute atomic E-state index is 13.2. The number of halogens is 3. The second-order valence-electron chi connectivity index (χ2n) is 8.03. The second-order valence-corrected chi connectivity index (χ2v) is 10.3. The number of carbonyl (C=O) groups is 2. The van der Waals surface area contributed by atoms with E-state index in [2.05, 4.69) is 5.32 Å². The maximum atomic E-state index is 13.2. The van der Waals surface area contributed by atoms with E-state index in [1.165, 1.54) is 18.2 Å². The predicted octanol–water partition coefficient (Wildman–Crippen LogP) is 6.61. The van der Waals surface area contributed by atoms with E-state index in [1.54, 1.807) is 36.1 Å². The van der Waals surface area contributed by atoms with E-state index < -0.39 is 6.04 Å².